The molecular formula is C8H9N2+. The molecule has 0 amide bonds. The number of diazo groups is 1. The second-order valence-corrected chi connectivity index (χ2v) is 2.12. The summed E-state index contributed by atoms with van der Waals surface area (Å²) in [6.45, 7) is 2.09. The SMILES string of the molecule is CCc1ccc([N+]#N)cc1. The van der Waals surface area contributed by atoms with Crippen LogP contribution in [-0.4, -0.2) is 0 Å². The van der Waals surface area contributed by atoms with Gasteiger partial charge >= 0.3 is 5.69 Å². The molecule has 0 radical (unpaired) electrons. The van der Waals surface area contributed by atoms with Crippen molar-refractivity contribution >= 4 is 5.69 Å². The molecule has 2 nitrogen and oxygen atoms in total. The molecule has 1 rings (SSSR count). The molecule has 0 fully saturated rings. The van der Waals surface area contributed by atoms with Crippen LogP contribution in [0.4, 0.5) is 5.69 Å². The first-order valence-corrected chi connectivity index (χ1v) is 3.31. The van der Waals surface area contributed by atoms with E-state index < -0.39 is 0 Å². The van der Waals surface area contributed by atoms with Crippen LogP contribution in [0.5, 0.6) is 0 Å². The van der Waals surface area contributed by atoms with Crippen LogP contribution >= 0.6 is 0 Å². The average Bonchev–Trinajstić information content (AvgIpc) is 2.05. The number of rotatable bonds is 1. The summed E-state index contributed by atoms with van der Waals surface area (Å²) in [5.41, 5.74) is 1.87. The van der Waals surface area contributed by atoms with Crippen molar-refractivity contribution in [3.63, 3.8) is 0 Å². The average molecular weight is 133 g/mol. The van der Waals surface area contributed by atoms with Gasteiger partial charge in [-0.1, -0.05) is 19.1 Å². The summed E-state index contributed by atoms with van der Waals surface area (Å²) in [4.78, 5) is 3.05. The lowest BCUT2D eigenvalue weighted by Gasteiger charge is -1.88. The van der Waals surface area contributed by atoms with Crippen molar-refractivity contribution in [3.05, 3.63) is 34.8 Å². The Morgan fingerprint density at radius 2 is 1.90 bits per heavy atom. The Balaban J connectivity index is 2.93. The molecule has 2 heteroatoms. The molecule has 1 aromatic carbocycles. The zero-order valence-corrected chi connectivity index (χ0v) is 5.91. The molecule has 0 heterocycles. The van der Waals surface area contributed by atoms with E-state index in [0.29, 0.717) is 5.69 Å². The molecule has 0 aliphatic rings. The number of hydrogen-bond donors (Lipinski definition) is 0. The summed E-state index contributed by atoms with van der Waals surface area (Å²) in [7, 11) is 0. The van der Waals surface area contributed by atoms with E-state index in [0.717, 1.165) is 6.42 Å². The van der Waals surface area contributed by atoms with E-state index >= 15 is 0 Å². The van der Waals surface area contributed by atoms with Crippen LogP contribution in [0.25, 0.3) is 4.98 Å². The van der Waals surface area contributed by atoms with Crippen molar-refractivity contribution in [2.75, 3.05) is 0 Å². The summed E-state index contributed by atoms with van der Waals surface area (Å²) in [6.07, 6.45) is 1.02. The molecule has 0 aliphatic heterocycles. The molecule has 0 spiro atoms. The van der Waals surface area contributed by atoms with Gasteiger partial charge < -0.3 is 0 Å². The topological polar surface area (TPSA) is 28.1 Å². The van der Waals surface area contributed by atoms with Gasteiger partial charge in [0.15, 0.2) is 4.98 Å². The van der Waals surface area contributed by atoms with E-state index in [1.807, 2.05) is 12.1 Å². The third-order valence-corrected chi connectivity index (χ3v) is 1.46. The molecule has 0 atom stereocenters. The van der Waals surface area contributed by atoms with Crippen LogP contribution in [0.3, 0.4) is 0 Å². The lowest BCUT2D eigenvalue weighted by Crippen LogP contribution is -1.75. The van der Waals surface area contributed by atoms with Crippen LogP contribution in [0.15, 0.2) is 24.3 Å². The van der Waals surface area contributed by atoms with E-state index in [-0.39, 0.29) is 0 Å². The monoisotopic (exact) mass is 133 g/mol. The summed E-state index contributed by atoms with van der Waals surface area (Å²) >= 11 is 0. The van der Waals surface area contributed by atoms with Crippen molar-refractivity contribution < 1.29 is 0 Å². The molecular weight excluding hydrogens is 124 g/mol. The maximum atomic E-state index is 8.33. The van der Waals surface area contributed by atoms with Gasteiger partial charge in [-0.3, -0.25) is 0 Å². The van der Waals surface area contributed by atoms with Crippen molar-refractivity contribution in [2.24, 2.45) is 0 Å². The minimum atomic E-state index is 0.609. The van der Waals surface area contributed by atoms with E-state index in [1.165, 1.54) is 5.56 Å². The molecule has 0 saturated heterocycles. The third-order valence-electron chi connectivity index (χ3n) is 1.46. The van der Waals surface area contributed by atoms with Gasteiger partial charge in [0, 0.05) is 12.1 Å². The Kier molecular flexibility index (Phi) is 2.01. The first-order valence-electron chi connectivity index (χ1n) is 3.31. The van der Waals surface area contributed by atoms with Crippen molar-refractivity contribution in [3.8, 4) is 0 Å². The number of nitrogens with zero attached hydrogens (tertiary/aromatic N) is 2. The van der Waals surface area contributed by atoms with Crippen LogP contribution in [0.1, 0.15) is 12.5 Å². The summed E-state index contributed by atoms with van der Waals surface area (Å²) in [5, 5.41) is 8.33. The number of benzene rings is 1. The minimum absolute atomic E-state index is 0.609. The lowest BCUT2D eigenvalue weighted by atomic mass is 10.2. The highest BCUT2D eigenvalue weighted by Gasteiger charge is 2.00. The van der Waals surface area contributed by atoms with Crippen LogP contribution in [0.2, 0.25) is 0 Å². The van der Waals surface area contributed by atoms with E-state index in [4.69, 9.17) is 5.39 Å². The number of aryl methyl sites for hydroxylation is 1. The Hall–Kier alpha value is -1.36. The summed E-state index contributed by atoms with van der Waals surface area (Å²) in [5.74, 6) is 0. The zero-order chi connectivity index (χ0) is 7.40. The quantitative estimate of drug-likeness (QED) is 0.541. The van der Waals surface area contributed by atoms with Gasteiger partial charge in [0.05, 0.1) is 0 Å². The Morgan fingerprint density at radius 1 is 1.30 bits per heavy atom. The second-order valence-electron chi connectivity index (χ2n) is 2.12. The predicted molar refractivity (Wildman–Crippen MR) is 40.6 cm³/mol. The normalized spacial score (nSPS) is 8.80. The predicted octanol–water partition coefficient (Wildman–Crippen LogP) is 2.73. The molecule has 0 unspecified atom stereocenters. The first-order chi connectivity index (χ1) is 4.86. The largest absolute Gasteiger partial charge is 0.385 e. The molecule has 10 heavy (non-hydrogen) atoms. The Labute approximate surface area is 60.1 Å². The van der Waals surface area contributed by atoms with Gasteiger partial charge in [-0.25, -0.2) is 0 Å². The molecule has 0 bridgehead atoms. The van der Waals surface area contributed by atoms with Gasteiger partial charge in [0.2, 0.25) is 5.39 Å². The Morgan fingerprint density at radius 3 is 2.30 bits per heavy atom. The maximum Gasteiger partial charge on any atom is 0.385 e. The van der Waals surface area contributed by atoms with Gasteiger partial charge in [-0.05, 0) is 12.0 Å². The molecule has 50 valence electrons. The highest BCUT2D eigenvalue weighted by atomic mass is 14.8. The minimum Gasteiger partial charge on any atom is -0.0613 e. The fourth-order valence-electron chi connectivity index (χ4n) is 0.798. The van der Waals surface area contributed by atoms with E-state index in [9.17, 15) is 0 Å². The van der Waals surface area contributed by atoms with Crippen molar-refractivity contribution in [2.45, 2.75) is 13.3 Å². The Bertz CT molecular complexity index is 243. The molecule has 0 saturated carbocycles. The molecule has 0 aliphatic carbocycles. The van der Waals surface area contributed by atoms with E-state index in [2.05, 4.69) is 11.9 Å². The molecule has 0 N–H and O–H groups in total. The number of hydrogen-bond acceptors (Lipinski definition) is 1. The summed E-state index contributed by atoms with van der Waals surface area (Å²) < 4.78 is 0. The highest BCUT2D eigenvalue weighted by Crippen LogP contribution is 2.12. The molecule has 1 aromatic rings. The van der Waals surface area contributed by atoms with Gasteiger partial charge in [-0.15, -0.1) is 0 Å². The molecule has 0 aromatic heterocycles. The van der Waals surface area contributed by atoms with Gasteiger partial charge in [0.25, 0.3) is 0 Å². The maximum absolute atomic E-state index is 8.33. The smallest absolute Gasteiger partial charge is 0.0613 e. The van der Waals surface area contributed by atoms with Crippen LogP contribution in [0, 0.1) is 5.39 Å². The van der Waals surface area contributed by atoms with Crippen LogP contribution < -0.4 is 0 Å². The fourth-order valence-corrected chi connectivity index (χ4v) is 0.798. The van der Waals surface area contributed by atoms with Gasteiger partial charge in [0.1, 0.15) is 0 Å². The van der Waals surface area contributed by atoms with Crippen LogP contribution in [-0.2, 0) is 6.42 Å². The van der Waals surface area contributed by atoms with Gasteiger partial charge in [-0.2, -0.15) is 0 Å². The first kappa shape index (κ1) is 6.76. The lowest BCUT2D eigenvalue weighted by molar-refractivity contribution is 1.14. The zero-order valence-electron chi connectivity index (χ0n) is 5.91. The summed E-state index contributed by atoms with van der Waals surface area (Å²) in [6, 6.07) is 7.49. The van der Waals surface area contributed by atoms with Crippen molar-refractivity contribution in [1.82, 2.24) is 0 Å². The second kappa shape index (κ2) is 2.98. The fraction of sp³-hybridized carbons (Fsp3) is 0.250. The standard InChI is InChI=1S/C8H9N2/c1-2-7-3-5-8(10-9)6-4-7/h3-6H,2H2,1H3/q+1. The highest BCUT2D eigenvalue weighted by molar-refractivity contribution is 5.44. The van der Waals surface area contributed by atoms with Crippen molar-refractivity contribution in [1.29, 1.82) is 5.39 Å². The third kappa shape index (κ3) is 1.32. The van der Waals surface area contributed by atoms with E-state index in [1.54, 1.807) is 12.1 Å².